The molecule has 1 unspecified atom stereocenters. The fraction of sp³-hybridized carbons (Fsp3) is 0.150. The average Bonchev–Trinajstić information content (AvgIpc) is 3.10. The van der Waals surface area contributed by atoms with Crippen LogP contribution in [0.25, 0.3) is 0 Å². The van der Waals surface area contributed by atoms with Crippen molar-refractivity contribution in [1.29, 1.82) is 0 Å². The molecule has 1 heterocycles. The molecule has 0 saturated heterocycles. The summed E-state index contributed by atoms with van der Waals surface area (Å²) >= 11 is 5.84. The largest absolute Gasteiger partial charge is 0.455 e. The Kier molecular flexibility index (Phi) is 5.91. The first kappa shape index (κ1) is 18.4. The summed E-state index contributed by atoms with van der Waals surface area (Å²) in [5.74, 6) is 0.616. The fourth-order valence-corrected chi connectivity index (χ4v) is 3.59. The van der Waals surface area contributed by atoms with Gasteiger partial charge < -0.3 is 9.73 Å². The number of benzene rings is 2. The quantitative estimate of drug-likeness (QED) is 0.678. The Labute approximate surface area is 159 Å². The van der Waals surface area contributed by atoms with E-state index >= 15 is 0 Å². The van der Waals surface area contributed by atoms with E-state index in [2.05, 4.69) is 5.32 Å². The van der Waals surface area contributed by atoms with Crippen LogP contribution in [-0.4, -0.2) is 10.1 Å². The number of nitrogens with one attached hydrogen (secondary N) is 1. The van der Waals surface area contributed by atoms with Gasteiger partial charge in [-0.05, 0) is 54.4 Å². The van der Waals surface area contributed by atoms with Gasteiger partial charge in [0.15, 0.2) is 5.76 Å². The predicted octanol–water partition coefficient (Wildman–Crippen LogP) is 4.48. The van der Waals surface area contributed by atoms with Crippen LogP contribution < -0.4 is 5.32 Å². The Hall–Kier alpha value is -2.37. The van der Waals surface area contributed by atoms with Crippen LogP contribution in [0.15, 0.2) is 70.0 Å². The summed E-state index contributed by atoms with van der Waals surface area (Å²) in [5, 5.41) is 3.43. The maximum Gasteiger partial charge on any atom is 0.287 e. The Morgan fingerprint density at radius 1 is 1.08 bits per heavy atom. The van der Waals surface area contributed by atoms with Crippen molar-refractivity contribution in [3.8, 4) is 0 Å². The van der Waals surface area contributed by atoms with Crippen molar-refractivity contribution >= 4 is 28.3 Å². The molecule has 0 aliphatic carbocycles. The highest BCUT2D eigenvalue weighted by Crippen LogP contribution is 2.17. The normalized spacial score (nSPS) is 11.9. The van der Waals surface area contributed by atoms with Gasteiger partial charge in [-0.25, -0.2) is 0 Å². The third-order valence-electron chi connectivity index (χ3n) is 3.94. The number of rotatable bonds is 6. The first-order chi connectivity index (χ1) is 12.5. The second-order valence-electron chi connectivity index (χ2n) is 5.82. The maximum atomic E-state index is 12.4. The van der Waals surface area contributed by atoms with Gasteiger partial charge in [0, 0.05) is 16.5 Å². The van der Waals surface area contributed by atoms with Crippen molar-refractivity contribution < 1.29 is 13.4 Å². The zero-order chi connectivity index (χ0) is 18.5. The predicted molar refractivity (Wildman–Crippen MR) is 103 cm³/mol. The zero-order valence-electron chi connectivity index (χ0n) is 14.2. The molecule has 3 aromatic rings. The highest BCUT2D eigenvalue weighted by molar-refractivity contribution is 7.84. The van der Waals surface area contributed by atoms with Gasteiger partial charge in [-0.15, -0.1) is 0 Å². The summed E-state index contributed by atoms with van der Waals surface area (Å²) in [6.45, 7) is 2.43. The fourth-order valence-electron chi connectivity index (χ4n) is 2.45. The van der Waals surface area contributed by atoms with E-state index < -0.39 is 10.8 Å². The Balaban J connectivity index is 1.60. The van der Waals surface area contributed by atoms with Crippen LogP contribution in [0.5, 0.6) is 0 Å². The van der Waals surface area contributed by atoms with Gasteiger partial charge in [0.1, 0.15) is 5.76 Å². The van der Waals surface area contributed by atoms with Crippen LogP contribution in [-0.2, 0) is 23.1 Å². The van der Waals surface area contributed by atoms with Crippen molar-refractivity contribution in [1.82, 2.24) is 5.32 Å². The van der Waals surface area contributed by atoms with Gasteiger partial charge in [0.05, 0.1) is 16.6 Å². The molecule has 134 valence electrons. The molecule has 26 heavy (non-hydrogen) atoms. The standard InChI is InChI=1S/C20H18ClNO3S/c1-14-4-2-3-5-15(14)12-22-20(23)19-11-8-17(25-19)13-26(24)18-9-6-16(21)7-10-18/h2-11H,12-13H2,1H3,(H,22,23). The summed E-state index contributed by atoms with van der Waals surface area (Å²) in [5.41, 5.74) is 2.17. The molecule has 3 rings (SSSR count). The molecular formula is C20H18ClNO3S. The number of furan rings is 1. The third-order valence-corrected chi connectivity index (χ3v) is 5.53. The molecule has 0 saturated carbocycles. The average molecular weight is 388 g/mol. The minimum Gasteiger partial charge on any atom is -0.455 e. The topological polar surface area (TPSA) is 59.3 Å². The van der Waals surface area contributed by atoms with E-state index in [0.717, 1.165) is 11.1 Å². The minimum absolute atomic E-state index is 0.201. The molecule has 1 N–H and O–H groups in total. The Bertz CT molecular complexity index is 934. The van der Waals surface area contributed by atoms with E-state index in [9.17, 15) is 9.00 Å². The molecule has 1 amide bonds. The first-order valence-corrected chi connectivity index (χ1v) is 9.78. The smallest absolute Gasteiger partial charge is 0.287 e. The molecule has 2 aromatic carbocycles. The van der Waals surface area contributed by atoms with E-state index in [4.69, 9.17) is 16.0 Å². The Morgan fingerprint density at radius 3 is 2.54 bits per heavy atom. The van der Waals surface area contributed by atoms with Crippen molar-refractivity contribution in [2.24, 2.45) is 0 Å². The summed E-state index contributed by atoms with van der Waals surface area (Å²) in [6, 6.07) is 18.0. The second-order valence-corrected chi connectivity index (χ2v) is 7.71. The third kappa shape index (κ3) is 4.62. The minimum atomic E-state index is -1.26. The van der Waals surface area contributed by atoms with Gasteiger partial charge in [0.25, 0.3) is 5.91 Å². The second kappa shape index (κ2) is 8.34. The summed E-state index contributed by atoms with van der Waals surface area (Å²) in [4.78, 5) is 12.9. The van der Waals surface area contributed by atoms with E-state index in [1.807, 2.05) is 31.2 Å². The zero-order valence-corrected chi connectivity index (χ0v) is 15.8. The number of aryl methyl sites for hydroxylation is 1. The maximum absolute atomic E-state index is 12.4. The van der Waals surface area contributed by atoms with Crippen molar-refractivity contribution in [3.63, 3.8) is 0 Å². The molecule has 1 atom stereocenters. The molecule has 0 radical (unpaired) electrons. The number of amides is 1. The van der Waals surface area contributed by atoms with Crippen molar-refractivity contribution in [3.05, 3.63) is 88.3 Å². The van der Waals surface area contributed by atoms with Crippen molar-refractivity contribution in [2.45, 2.75) is 24.1 Å². The van der Waals surface area contributed by atoms with Gasteiger partial charge in [-0.2, -0.15) is 0 Å². The van der Waals surface area contributed by atoms with Crippen LogP contribution >= 0.6 is 11.6 Å². The van der Waals surface area contributed by atoms with Crippen LogP contribution in [0, 0.1) is 6.92 Å². The van der Waals surface area contributed by atoms with E-state index in [1.165, 1.54) is 0 Å². The van der Waals surface area contributed by atoms with E-state index in [-0.39, 0.29) is 17.4 Å². The van der Waals surface area contributed by atoms with Crippen LogP contribution in [0.1, 0.15) is 27.4 Å². The lowest BCUT2D eigenvalue weighted by Gasteiger charge is -2.06. The van der Waals surface area contributed by atoms with Crippen molar-refractivity contribution in [2.75, 3.05) is 0 Å². The number of carbonyl (C=O) groups excluding carboxylic acids is 1. The lowest BCUT2D eigenvalue weighted by atomic mass is 10.1. The molecule has 0 bridgehead atoms. The van der Waals surface area contributed by atoms with Crippen LogP contribution in [0.3, 0.4) is 0 Å². The van der Waals surface area contributed by atoms with E-state index in [0.29, 0.717) is 22.2 Å². The molecule has 0 fully saturated rings. The Morgan fingerprint density at radius 2 is 1.81 bits per heavy atom. The summed E-state index contributed by atoms with van der Waals surface area (Å²) in [6.07, 6.45) is 0. The van der Waals surface area contributed by atoms with Gasteiger partial charge in [-0.1, -0.05) is 35.9 Å². The monoisotopic (exact) mass is 387 g/mol. The molecular weight excluding hydrogens is 370 g/mol. The number of hydrogen-bond donors (Lipinski definition) is 1. The van der Waals surface area contributed by atoms with E-state index in [1.54, 1.807) is 36.4 Å². The number of hydrogen-bond acceptors (Lipinski definition) is 3. The molecule has 0 aliphatic rings. The molecule has 1 aromatic heterocycles. The van der Waals surface area contributed by atoms with Gasteiger partial charge >= 0.3 is 0 Å². The molecule has 0 spiro atoms. The molecule has 6 heteroatoms. The lowest BCUT2D eigenvalue weighted by molar-refractivity contribution is 0.0921. The highest BCUT2D eigenvalue weighted by Gasteiger charge is 2.14. The number of carbonyl (C=O) groups is 1. The first-order valence-electron chi connectivity index (χ1n) is 8.08. The molecule has 0 aliphatic heterocycles. The lowest BCUT2D eigenvalue weighted by Crippen LogP contribution is -2.22. The number of halogens is 1. The summed E-state index contributed by atoms with van der Waals surface area (Å²) in [7, 11) is -1.26. The summed E-state index contributed by atoms with van der Waals surface area (Å²) < 4.78 is 17.9. The van der Waals surface area contributed by atoms with Gasteiger partial charge in [-0.3, -0.25) is 9.00 Å². The molecule has 4 nitrogen and oxygen atoms in total. The SMILES string of the molecule is Cc1ccccc1CNC(=O)c1ccc(CS(=O)c2ccc(Cl)cc2)o1. The highest BCUT2D eigenvalue weighted by atomic mass is 35.5. The van der Waals surface area contributed by atoms with Crippen LogP contribution in [0.4, 0.5) is 0 Å². The van der Waals surface area contributed by atoms with Crippen LogP contribution in [0.2, 0.25) is 5.02 Å². The van der Waals surface area contributed by atoms with Gasteiger partial charge in [0.2, 0.25) is 0 Å².